The molecule has 1 aromatic heterocycles. The lowest BCUT2D eigenvalue weighted by Gasteiger charge is -2.07. The second-order valence-electron chi connectivity index (χ2n) is 5.08. The van der Waals surface area contributed by atoms with Gasteiger partial charge in [-0.05, 0) is 23.3 Å². The molecule has 3 aromatic rings. The van der Waals surface area contributed by atoms with Gasteiger partial charge in [0.15, 0.2) is 5.78 Å². The number of ketones is 1. The molecule has 1 N–H and O–H groups in total. The van der Waals surface area contributed by atoms with Crippen LogP contribution in [0.3, 0.4) is 0 Å². The number of benzene rings is 2. The van der Waals surface area contributed by atoms with Crippen molar-refractivity contribution in [3.05, 3.63) is 90.0 Å². The maximum Gasteiger partial charge on any atom is 0.182 e. The van der Waals surface area contributed by atoms with Gasteiger partial charge in [-0.3, -0.25) is 10.2 Å². The highest BCUT2D eigenvalue weighted by Gasteiger charge is 2.07. The van der Waals surface area contributed by atoms with Gasteiger partial charge >= 0.3 is 0 Å². The molecule has 0 radical (unpaired) electrons. The summed E-state index contributed by atoms with van der Waals surface area (Å²) < 4.78 is 1.63. The second kappa shape index (κ2) is 6.22. The van der Waals surface area contributed by atoms with Crippen molar-refractivity contribution in [3.63, 3.8) is 0 Å². The second-order valence-corrected chi connectivity index (χ2v) is 5.08. The average Bonchev–Trinajstić information content (AvgIpc) is 2.58. The molecule has 0 spiro atoms. The third-order valence-corrected chi connectivity index (χ3v) is 3.57. The zero-order chi connectivity index (χ0) is 15.4. The first kappa shape index (κ1) is 14.0. The van der Waals surface area contributed by atoms with E-state index in [9.17, 15) is 4.79 Å². The molecule has 0 fully saturated rings. The summed E-state index contributed by atoms with van der Waals surface area (Å²) in [5.74, 6) is 0.00399. The first-order chi connectivity index (χ1) is 10.7. The van der Waals surface area contributed by atoms with Gasteiger partial charge in [-0.15, -0.1) is 0 Å². The summed E-state index contributed by atoms with van der Waals surface area (Å²) >= 11 is 0. The van der Waals surface area contributed by atoms with Crippen molar-refractivity contribution in [2.24, 2.45) is 0 Å². The Labute approximate surface area is 129 Å². The van der Waals surface area contributed by atoms with E-state index in [1.165, 1.54) is 0 Å². The number of Topliss-reactive ketones (excluding diaryl/α,β-unsaturated/α-hetero) is 1. The maximum atomic E-state index is 12.3. The fourth-order valence-electron chi connectivity index (χ4n) is 2.34. The molecule has 0 saturated carbocycles. The van der Waals surface area contributed by atoms with Crippen LogP contribution < -0.4 is 5.49 Å². The first-order valence-corrected chi connectivity index (χ1v) is 7.13. The van der Waals surface area contributed by atoms with Crippen molar-refractivity contribution >= 4 is 5.78 Å². The number of carbonyl (C=O) groups is 1. The Balaban J connectivity index is 1.80. The Morgan fingerprint density at radius 2 is 1.45 bits per heavy atom. The normalized spacial score (nSPS) is 10.4. The van der Waals surface area contributed by atoms with Crippen LogP contribution in [-0.4, -0.2) is 10.4 Å². The fourth-order valence-corrected chi connectivity index (χ4v) is 2.34. The van der Waals surface area contributed by atoms with E-state index < -0.39 is 0 Å². The van der Waals surface area contributed by atoms with Crippen LogP contribution in [0.5, 0.6) is 0 Å². The molecule has 0 aliphatic rings. The van der Waals surface area contributed by atoms with Gasteiger partial charge in [0.25, 0.3) is 0 Å². The lowest BCUT2D eigenvalue weighted by atomic mass is 10.0. The molecule has 0 aliphatic carbocycles. The molecular formula is C19H16N2O. The third kappa shape index (κ3) is 3.04. The van der Waals surface area contributed by atoms with Crippen LogP contribution >= 0.6 is 0 Å². The molecule has 3 nitrogen and oxygen atoms in total. The third-order valence-electron chi connectivity index (χ3n) is 3.57. The Morgan fingerprint density at radius 1 is 0.818 bits per heavy atom. The molecule has 0 bridgehead atoms. The van der Waals surface area contributed by atoms with E-state index in [4.69, 9.17) is 5.41 Å². The van der Waals surface area contributed by atoms with Crippen LogP contribution in [0.2, 0.25) is 0 Å². The molecule has 0 saturated heterocycles. The Hall–Kier alpha value is -2.94. The average molecular weight is 288 g/mol. The number of pyridine rings is 1. The Morgan fingerprint density at radius 3 is 2.14 bits per heavy atom. The van der Waals surface area contributed by atoms with Gasteiger partial charge < -0.3 is 4.57 Å². The Bertz CT molecular complexity index is 833. The highest BCUT2D eigenvalue weighted by Crippen LogP contribution is 2.19. The summed E-state index contributed by atoms with van der Waals surface area (Å²) in [6.45, 7) is 0.185. The van der Waals surface area contributed by atoms with E-state index in [0.717, 1.165) is 11.1 Å². The minimum atomic E-state index is 0.00399. The summed E-state index contributed by atoms with van der Waals surface area (Å²) in [5, 5.41) is 7.78. The molecule has 3 rings (SSSR count). The zero-order valence-corrected chi connectivity index (χ0v) is 12.1. The van der Waals surface area contributed by atoms with Crippen LogP contribution in [0.4, 0.5) is 0 Å². The summed E-state index contributed by atoms with van der Waals surface area (Å²) in [7, 11) is 0. The molecule has 3 heteroatoms. The fraction of sp³-hybridized carbons (Fsp3) is 0.0526. The molecule has 0 atom stereocenters. The number of hydrogen-bond donors (Lipinski definition) is 1. The largest absolute Gasteiger partial charge is 0.326 e. The van der Waals surface area contributed by atoms with Crippen LogP contribution in [-0.2, 0) is 6.54 Å². The number of nitrogens with zero attached hydrogens (tertiary/aromatic N) is 1. The molecule has 0 unspecified atom stereocenters. The van der Waals surface area contributed by atoms with Gasteiger partial charge in [0.05, 0.1) is 6.54 Å². The van der Waals surface area contributed by atoms with Gasteiger partial charge in [-0.25, -0.2) is 0 Å². The standard InChI is InChI=1S/C19H16N2O/c20-19-8-4-5-13-21(19)14-18(22)17-11-9-16(10-12-17)15-6-2-1-3-7-15/h1-13,20H,14H2. The van der Waals surface area contributed by atoms with E-state index in [-0.39, 0.29) is 12.3 Å². The van der Waals surface area contributed by atoms with Crippen molar-refractivity contribution in [1.29, 1.82) is 5.41 Å². The van der Waals surface area contributed by atoms with Crippen LogP contribution in [0, 0.1) is 5.41 Å². The predicted molar refractivity (Wildman–Crippen MR) is 86.5 cm³/mol. The highest BCUT2D eigenvalue weighted by atomic mass is 16.1. The van der Waals surface area contributed by atoms with Crippen molar-refractivity contribution in [1.82, 2.24) is 4.57 Å². The van der Waals surface area contributed by atoms with E-state index >= 15 is 0 Å². The van der Waals surface area contributed by atoms with Crippen molar-refractivity contribution < 1.29 is 4.79 Å². The zero-order valence-electron chi connectivity index (χ0n) is 12.1. The lowest BCUT2D eigenvalue weighted by molar-refractivity contribution is 0.0970. The van der Waals surface area contributed by atoms with Gasteiger partial charge in [-0.2, -0.15) is 0 Å². The van der Waals surface area contributed by atoms with Crippen molar-refractivity contribution in [2.45, 2.75) is 6.54 Å². The Kier molecular flexibility index (Phi) is 3.97. The smallest absolute Gasteiger partial charge is 0.182 e. The molecule has 0 amide bonds. The molecule has 1 heterocycles. The number of nitrogens with one attached hydrogen (secondary N) is 1. The predicted octanol–water partition coefficient (Wildman–Crippen LogP) is 3.52. The van der Waals surface area contributed by atoms with Gasteiger partial charge in [-0.1, -0.05) is 60.7 Å². The van der Waals surface area contributed by atoms with E-state index in [1.807, 2.05) is 60.7 Å². The van der Waals surface area contributed by atoms with Crippen LogP contribution in [0.1, 0.15) is 10.4 Å². The minimum absolute atomic E-state index is 0.00399. The van der Waals surface area contributed by atoms with Gasteiger partial charge in [0.2, 0.25) is 0 Å². The van der Waals surface area contributed by atoms with Crippen molar-refractivity contribution in [3.8, 4) is 11.1 Å². The van der Waals surface area contributed by atoms with Gasteiger partial charge in [0, 0.05) is 11.8 Å². The maximum absolute atomic E-state index is 12.3. The summed E-state index contributed by atoms with van der Waals surface area (Å²) in [4.78, 5) is 12.3. The number of hydrogen-bond acceptors (Lipinski definition) is 2. The first-order valence-electron chi connectivity index (χ1n) is 7.13. The molecule has 22 heavy (non-hydrogen) atoms. The molecule has 0 aliphatic heterocycles. The van der Waals surface area contributed by atoms with Crippen LogP contribution in [0.25, 0.3) is 11.1 Å². The van der Waals surface area contributed by atoms with Crippen LogP contribution in [0.15, 0.2) is 79.0 Å². The minimum Gasteiger partial charge on any atom is -0.326 e. The highest BCUT2D eigenvalue weighted by molar-refractivity contribution is 5.96. The SMILES string of the molecule is N=c1ccccn1CC(=O)c1ccc(-c2ccccc2)cc1. The summed E-state index contributed by atoms with van der Waals surface area (Å²) in [6, 6.07) is 23.0. The van der Waals surface area contributed by atoms with E-state index in [0.29, 0.717) is 11.1 Å². The number of aromatic nitrogens is 1. The molecular weight excluding hydrogens is 272 g/mol. The molecule has 108 valence electrons. The van der Waals surface area contributed by atoms with E-state index in [1.54, 1.807) is 22.9 Å². The van der Waals surface area contributed by atoms with Crippen molar-refractivity contribution in [2.75, 3.05) is 0 Å². The topological polar surface area (TPSA) is 45.9 Å². The summed E-state index contributed by atoms with van der Waals surface area (Å²) in [5.41, 5.74) is 3.21. The summed E-state index contributed by atoms with van der Waals surface area (Å²) in [6.07, 6.45) is 1.75. The molecule has 2 aromatic carbocycles. The monoisotopic (exact) mass is 288 g/mol. The van der Waals surface area contributed by atoms with Gasteiger partial charge in [0.1, 0.15) is 5.49 Å². The van der Waals surface area contributed by atoms with E-state index in [2.05, 4.69) is 0 Å². The lowest BCUT2D eigenvalue weighted by Crippen LogP contribution is -2.22. The quantitative estimate of drug-likeness (QED) is 0.734. The number of rotatable bonds is 4. The number of carbonyl (C=O) groups excluding carboxylic acids is 1.